The van der Waals surface area contributed by atoms with Gasteiger partial charge in [-0.15, -0.1) is 0 Å². The van der Waals surface area contributed by atoms with Crippen LogP contribution < -0.4 is 5.73 Å². The maximum atomic E-state index is 12.1. The largest absolute Gasteiger partial charge is 0.480 e. The van der Waals surface area contributed by atoms with Crippen molar-refractivity contribution in [2.75, 3.05) is 0 Å². The number of nitrogens with two attached hydrogens (primary N) is 1. The maximum absolute atomic E-state index is 12.1. The van der Waals surface area contributed by atoms with E-state index in [0.717, 1.165) is 10.6 Å². The summed E-state index contributed by atoms with van der Waals surface area (Å²) in [5.74, 6) is -1.54. The van der Waals surface area contributed by atoms with Crippen molar-refractivity contribution in [3.8, 4) is 0 Å². The van der Waals surface area contributed by atoms with Crippen LogP contribution in [0.3, 0.4) is 0 Å². The molecule has 0 radical (unpaired) electrons. The molecule has 1 aromatic carbocycles. The van der Waals surface area contributed by atoms with E-state index in [1.54, 1.807) is 0 Å². The first-order valence-corrected chi connectivity index (χ1v) is 6.58. The van der Waals surface area contributed by atoms with Gasteiger partial charge in [0, 0.05) is 0 Å². The van der Waals surface area contributed by atoms with E-state index in [2.05, 4.69) is 0 Å². The Balaban J connectivity index is 2.10. The van der Waals surface area contributed by atoms with E-state index in [1.165, 1.54) is 0 Å². The van der Waals surface area contributed by atoms with Crippen LogP contribution in [0.5, 0.6) is 0 Å². The first kappa shape index (κ1) is 14.5. The molecule has 20 heavy (non-hydrogen) atoms. The second-order valence-electron chi connectivity index (χ2n) is 4.81. The molecule has 1 heterocycles. The second kappa shape index (κ2) is 6.49. The highest BCUT2D eigenvalue weighted by atomic mass is 16.7. The number of carbonyl (C=O) groups is 2. The lowest BCUT2D eigenvalue weighted by Crippen LogP contribution is -2.49. The summed E-state index contributed by atoms with van der Waals surface area (Å²) in [6, 6.07) is 7.59. The van der Waals surface area contributed by atoms with Gasteiger partial charge in [-0.1, -0.05) is 30.3 Å². The zero-order valence-electron chi connectivity index (χ0n) is 11.1. The van der Waals surface area contributed by atoms with Crippen LogP contribution in [0.1, 0.15) is 24.8 Å². The normalized spacial score (nSPS) is 23.4. The van der Waals surface area contributed by atoms with Gasteiger partial charge in [-0.2, -0.15) is 0 Å². The van der Waals surface area contributed by atoms with E-state index >= 15 is 0 Å². The number of benzene rings is 1. The van der Waals surface area contributed by atoms with Crippen molar-refractivity contribution in [2.24, 2.45) is 5.73 Å². The fourth-order valence-electron chi connectivity index (χ4n) is 2.18. The average molecular weight is 278 g/mol. The minimum Gasteiger partial charge on any atom is -0.480 e. The molecule has 0 aliphatic carbocycles. The first-order valence-electron chi connectivity index (χ1n) is 6.58. The number of hydrogen-bond acceptors (Lipinski definition) is 4. The summed E-state index contributed by atoms with van der Waals surface area (Å²) in [6.45, 7) is 0.142. The Labute approximate surface area is 117 Å². The predicted molar refractivity (Wildman–Crippen MR) is 71.3 cm³/mol. The molecule has 1 unspecified atom stereocenters. The Kier molecular flexibility index (Phi) is 4.70. The van der Waals surface area contributed by atoms with Crippen LogP contribution in [0.2, 0.25) is 0 Å². The Bertz CT molecular complexity index is 477. The number of nitrogens with zero attached hydrogens (tertiary/aromatic N) is 1. The molecule has 2 atom stereocenters. The average Bonchev–Trinajstić information content (AvgIpc) is 2.58. The van der Waals surface area contributed by atoms with Gasteiger partial charge in [0.2, 0.25) is 0 Å². The van der Waals surface area contributed by atoms with E-state index < -0.39 is 24.0 Å². The summed E-state index contributed by atoms with van der Waals surface area (Å²) in [7, 11) is 0. The summed E-state index contributed by atoms with van der Waals surface area (Å²) >= 11 is 0. The van der Waals surface area contributed by atoms with Gasteiger partial charge in [0.15, 0.2) is 6.04 Å². The Morgan fingerprint density at radius 2 is 2.05 bits per heavy atom. The number of hydrogen-bond donors (Lipinski definition) is 2. The molecule has 1 aliphatic rings. The molecule has 2 rings (SSSR count). The molecular formula is C14H18N2O4. The van der Waals surface area contributed by atoms with Crippen LogP contribution in [0.4, 0.5) is 0 Å². The van der Waals surface area contributed by atoms with Gasteiger partial charge < -0.3 is 10.8 Å². The summed E-state index contributed by atoms with van der Waals surface area (Å²) in [4.78, 5) is 28.8. The maximum Gasteiger partial charge on any atom is 0.329 e. The number of rotatable bonds is 4. The Morgan fingerprint density at radius 1 is 1.35 bits per heavy atom. The molecule has 108 valence electrons. The van der Waals surface area contributed by atoms with Gasteiger partial charge in [0.05, 0.1) is 6.04 Å². The van der Waals surface area contributed by atoms with Crippen LogP contribution in [-0.2, 0) is 21.0 Å². The van der Waals surface area contributed by atoms with Crippen LogP contribution in [0.15, 0.2) is 30.3 Å². The SMILES string of the molecule is NC1CCC[C@@H](C(=O)O)N(OCc2ccccc2)C1=O. The number of hydroxylamine groups is 2. The summed E-state index contributed by atoms with van der Waals surface area (Å²) in [6.07, 6.45) is 1.42. The zero-order valence-corrected chi connectivity index (χ0v) is 11.1. The predicted octanol–water partition coefficient (Wildman–Crippen LogP) is 0.911. The molecule has 1 aromatic rings. The lowest BCUT2D eigenvalue weighted by atomic mass is 10.1. The van der Waals surface area contributed by atoms with Gasteiger partial charge in [-0.3, -0.25) is 9.63 Å². The van der Waals surface area contributed by atoms with Crippen molar-refractivity contribution in [1.29, 1.82) is 0 Å². The summed E-state index contributed by atoms with van der Waals surface area (Å²) in [5, 5.41) is 10.2. The number of amides is 1. The monoisotopic (exact) mass is 278 g/mol. The third-order valence-corrected chi connectivity index (χ3v) is 3.31. The van der Waals surface area contributed by atoms with Crippen molar-refractivity contribution in [2.45, 2.75) is 38.0 Å². The summed E-state index contributed by atoms with van der Waals surface area (Å²) in [5.41, 5.74) is 6.60. The van der Waals surface area contributed by atoms with Crippen LogP contribution >= 0.6 is 0 Å². The van der Waals surface area contributed by atoms with Gasteiger partial charge in [0.1, 0.15) is 6.61 Å². The van der Waals surface area contributed by atoms with Crippen LogP contribution in [-0.4, -0.2) is 34.1 Å². The molecule has 0 saturated carbocycles. The van der Waals surface area contributed by atoms with Gasteiger partial charge in [-0.25, -0.2) is 9.86 Å². The molecule has 1 amide bonds. The summed E-state index contributed by atoms with van der Waals surface area (Å²) < 4.78 is 0. The van der Waals surface area contributed by atoms with Crippen LogP contribution in [0, 0.1) is 0 Å². The van der Waals surface area contributed by atoms with E-state index in [0.29, 0.717) is 19.3 Å². The topological polar surface area (TPSA) is 92.9 Å². The van der Waals surface area contributed by atoms with E-state index in [1.807, 2.05) is 30.3 Å². The third-order valence-electron chi connectivity index (χ3n) is 3.31. The lowest BCUT2D eigenvalue weighted by Gasteiger charge is -2.27. The lowest BCUT2D eigenvalue weighted by molar-refractivity contribution is -0.211. The number of aliphatic carboxylic acids is 1. The molecule has 0 spiro atoms. The molecule has 0 aromatic heterocycles. The highest BCUT2D eigenvalue weighted by molar-refractivity contribution is 5.86. The molecule has 1 saturated heterocycles. The van der Waals surface area contributed by atoms with Crippen molar-refractivity contribution >= 4 is 11.9 Å². The molecule has 3 N–H and O–H groups in total. The molecule has 1 fully saturated rings. The third kappa shape index (κ3) is 3.34. The van der Waals surface area contributed by atoms with Gasteiger partial charge >= 0.3 is 5.97 Å². The van der Waals surface area contributed by atoms with Crippen molar-refractivity contribution < 1.29 is 19.5 Å². The molecule has 0 bridgehead atoms. The Hall–Kier alpha value is -1.92. The number of carbonyl (C=O) groups excluding carboxylic acids is 1. The van der Waals surface area contributed by atoms with Crippen LogP contribution in [0.25, 0.3) is 0 Å². The van der Waals surface area contributed by atoms with Crippen molar-refractivity contribution in [3.05, 3.63) is 35.9 Å². The van der Waals surface area contributed by atoms with Crippen molar-refractivity contribution in [3.63, 3.8) is 0 Å². The molecule has 6 nitrogen and oxygen atoms in total. The number of carboxylic acids is 1. The highest BCUT2D eigenvalue weighted by Gasteiger charge is 2.36. The quantitative estimate of drug-likeness (QED) is 0.854. The van der Waals surface area contributed by atoms with Crippen molar-refractivity contribution in [1.82, 2.24) is 5.06 Å². The fourth-order valence-corrected chi connectivity index (χ4v) is 2.18. The second-order valence-corrected chi connectivity index (χ2v) is 4.81. The standard InChI is InChI=1S/C14H18N2O4/c15-11-7-4-8-12(14(18)19)16(13(11)17)20-9-10-5-2-1-3-6-10/h1-3,5-6,11-12H,4,7-9,15H2,(H,18,19)/t11?,12-/m0/s1. The van der Waals surface area contributed by atoms with E-state index in [4.69, 9.17) is 10.6 Å². The molecule has 6 heteroatoms. The fraction of sp³-hybridized carbons (Fsp3) is 0.429. The minimum atomic E-state index is -1.07. The smallest absolute Gasteiger partial charge is 0.329 e. The highest BCUT2D eigenvalue weighted by Crippen LogP contribution is 2.19. The zero-order chi connectivity index (χ0) is 14.5. The van der Waals surface area contributed by atoms with E-state index in [9.17, 15) is 14.7 Å². The Morgan fingerprint density at radius 3 is 2.70 bits per heavy atom. The minimum absolute atomic E-state index is 0.142. The van der Waals surface area contributed by atoms with Gasteiger partial charge in [-0.05, 0) is 24.8 Å². The molecular weight excluding hydrogens is 260 g/mol. The van der Waals surface area contributed by atoms with Gasteiger partial charge in [0.25, 0.3) is 5.91 Å². The molecule has 1 aliphatic heterocycles. The first-order chi connectivity index (χ1) is 9.59. The van der Waals surface area contributed by atoms with E-state index in [-0.39, 0.29) is 6.61 Å². The number of carboxylic acid groups (broad SMARTS) is 1.